The largest absolute Gasteiger partial charge is 1.00 e. The fourth-order valence-corrected chi connectivity index (χ4v) is 3.07. The molecule has 0 saturated heterocycles. The maximum atomic E-state index is 3.30. The molecule has 28 heavy (non-hydrogen) atoms. The molecule has 0 bridgehead atoms. The summed E-state index contributed by atoms with van der Waals surface area (Å²) in [6.07, 6.45) is 1.17. The molecule has 0 N–H and O–H groups in total. The van der Waals surface area contributed by atoms with Crippen LogP contribution >= 0.6 is 0 Å². The average molecular weight is 457 g/mol. The van der Waals surface area contributed by atoms with Gasteiger partial charge in [-0.1, -0.05) is 41.5 Å². The number of halogens is 2. The normalized spacial score (nSPS) is 10.0. The first-order chi connectivity index (χ1) is 12.6. The van der Waals surface area contributed by atoms with Crippen LogP contribution in [0.5, 0.6) is 0 Å². The maximum absolute atomic E-state index is 3.30. The van der Waals surface area contributed by atoms with E-state index in [9.17, 15) is 0 Å². The molecule has 4 heteroatoms. The first-order valence-corrected chi connectivity index (χ1v) is 13.7. The third kappa shape index (κ3) is 6.69. The topological polar surface area (TPSA) is 0 Å². The smallest absolute Gasteiger partial charge is 0.0253 e. The summed E-state index contributed by atoms with van der Waals surface area (Å²) in [5.41, 5.74) is 5.51. The standard InChI is InChI=1S/C13H9.C9H7.C2H6Si.2ClH.Ti/c1-3-7-12-10(5-1)9-11-6-2-4-8-13(11)12;1-2-5-9-7-3-6-8(9)4-1;1-3-2;;;/h1-5,7-8H,9H2;1-7H;1-2H3;2*1H;/q2*-1;;;;+2/p-2. The summed E-state index contributed by atoms with van der Waals surface area (Å²) in [6, 6.07) is 32.8. The van der Waals surface area contributed by atoms with Crippen molar-refractivity contribution in [2.75, 3.05) is 0 Å². The van der Waals surface area contributed by atoms with Crippen molar-refractivity contribution in [3.05, 3.63) is 102 Å². The quantitative estimate of drug-likeness (QED) is 0.234. The predicted molar refractivity (Wildman–Crippen MR) is 111 cm³/mol. The van der Waals surface area contributed by atoms with E-state index in [2.05, 4.69) is 117 Å². The molecule has 1 aliphatic carbocycles. The van der Waals surface area contributed by atoms with Crippen molar-refractivity contribution in [3.63, 3.8) is 0 Å². The Labute approximate surface area is 192 Å². The van der Waals surface area contributed by atoms with E-state index in [4.69, 9.17) is 0 Å². The second kappa shape index (κ2) is 12.4. The molecule has 4 aromatic carbocycles. The molecule has 0 aliphatic heterocycles. The number of benzene rings is 3. The maximum Gasteiger partial charge on any atom is -0.0253 e. The minimum Gasteiger partial charge on any atom is -1.00 e. The molecule has 0 atom stereocenters. The zero-order valence-corrected chi connectivity index (χ0v) is 20.1. The van der Waals surface area contributed by atoms with Gasteiger partial charge in [-0.15, -0.1) is 35.2 Å². The van der Waals surface area contributed by atoms with Crippen LogP contribution in [0.3, 0.4) is 0 Å². The Kier molecular flexibility index (Phi) is 11.0. The summed E-state index contributed by atoms with van der Waals surface area (Å²) in [4.78, 5) is 0. The molecule has 0 amide bonds. The molecule has 0 heterocycles. The Morgan fingerprint density at radius 2 is 1.50 bits per heavy atom. The first kappa shape index (κ1) is 24.8. The Bertz CT molecular complexity index is 946. The number of rotatable bonds is 0. The number of hydrogen-bond acceptors (Lipinski definition) is 0. The van der Waals surface area contributed by atoms with Crippen LogP contribution in [0.1, 0.15) is 11.1 Å². The van der Waals surface area contributed by atoms with Crippen LogP contribution in [-0.2, 0) is 25.6 Å². The molecule has 4 aromatic rings. The summed E-state index contributed by atoms with van der Waals surface area (Å²) in [5, 5.41) is 2.66. The van der Waals surface area contributed by atoms with E-state index in [0.717, 1.165) is 6.42 Å². The van der Waals surface area contributed by atoms with Gasteiger partial charge < -0.3 is 24.8 Å². The van der Waals surface area contributed by atoms with Gasteiger partial charge in [0.15, 0.2) is 0 Å². The van der Waals surface area contributed by atoms with Gasteiger partial charge in [-0.3, -0.25) is 0 Å². The Morgan fingerprint density at radius 3 is 2.25 bits per heavy atom. The third-order valence-corrected chi connectivity index (χ3v) is 4.16. The summed E-state index contributed by atoms with van der Waals surface area (Å²) >= 11 is 2.27. The van der Waals surface area contributed by atoms with E-state index in [1.165, 1.54) is 33.0 Å². The van der Waals surface area contributed by atoms with Gasteiger partial charge in [0.25, 0.3) is 0 Å². The monoisotopic (exact) mass is 456 g/mol. The summed E-state index contributed by atoms with van der Waals surface area (Å²) < 4.78 is 0. The predicted octanol–water partition coefficient (Wildman–Crippen LogP) is 0.409. The second-order valence-electron chi connectivity index (χ2n) is 6.55. The molecular formula is C24H22Cl2SiTi-2. The van der Waals surface area contributed by atoms with Crippen molar-refractivity contribution >= 4 is 17.0 Å². The van der Waals surface area contributed by atoms with Crippen LogP contribution in [0.2, 0.25) is 13.1 Å². The molecule has 5 rings (SSSR count). The van der Waals surface area contributed by atoms with Gasteiger partial charge in [0, 0.05) is 0 Å². The molecule has 1 aliphatic rings. The number of hydrogen-bond donors (Lipinski definition) is 0. The summed E-state index contributed by atoms with van der Waals surface area (Å²) in [7, 11) is 0. The van der Waals surface area contributed by atoms with Crippen molar-refractivity contribution in [2.45, 2.75) is 19.5 Å². The molecule has 0 spiro atoms. The van der Waals surface area contributed by atoms with Gasteiger partial charge in [-0.25, -0.2) is 0 Å². The van der Waals surface area contributed by atoms with E-state index in [0.29, 0.717) is 0 Å². The van der Waals surface area contributed by atoms with Crippen molar-refractivity contribution in [1.82, 2.24) is 0 Å². The van der Waals surface area contributed by atoms with Gasteiger partial charge in [0.2, 0.25) is 0 Å². The molecular weight excluding hydrogens is 435 g/mol. The van der Waals surface area contributed by atoms with Crippen molar-refractivity contribution in [2.24, 2.45) is 0 Å². The first-order valence-electron chi connectivity index (χ1n) is 8.85. The van der Waals surface area contributed by atoms with Crippen molar-refractivity contribution < 1.29 is 44.0 Å². The van der Waals surface area contributed by atoms with Gasteiger partial charge >= 0.3 is 38.5 Å². The Morgan fingerprint density at radius 1 is 0.857 bits per heavy atom. The zero-order chi connectivity index (χ0) is 18.4. The summed E-state index contributed by atoms with van der Waals surface area (Å²) in [5.74, 6) is 0. The average Bonchev–Trinajstić information content (AvgIpc) is 3.26. The van der Waals surface area contributed by atoms with Gasteiger partial charge in [0.1, 0.15) is 0 Å². The minimum atomic E-state index is 0. The van der Waals surface area contributed by atoms with Crippen molar-refractivity contribution in [3.8, 4) is 11.1 Å². The van der Waals surface area contributed by atoms with Crippen LogP contribution in [-0.4, -0.2) is 6.19 Å². The van der Waals surface area contributed by atoms with Crippen LogP contribution in [0, 0.1) is 6.07 Å². The molecule has 0 aromatic heterocycles. The second-order valence-corrected chi connectivity index (χ2v) is 13.2. The third-order valence-electron chi connectivity index (χ3n) is 4.16. The van der Waals surface area contributed by atoms with E-state index >= 15 is 0 Å². The Hall–Kier alpha value is -1.22. The van der Waals surface area contributed by atoms with Crippen LogP contribution in [0.15, 0.2) is 84.9 Å². The van der Waals surface area contributed by atoms with E-state index in [1.54, 1.807) is 0 Å². The fraction of sp³-hybridized carbons (Fsp3) is 0.125. The van der Waals surface area contributed by atoms with Gasteiger partial charge in [0.05, 0.1) is 0 Å². The molecule has 0 unspecified atom stereocenters. The molecule has 0 nitrogen and oxygen atoms in total. The zero-order valence-electron chi connectivity index (χ0n) is 16.0. The van der Waals surface area contributed by atoms with Gasteiger partial charge in [-0.2, -0.15) is 47.3 Å². The van der Waals surface area contributed by atoms with E-state index < -0.39 is 0 Å². The van der Waals surface area contributed by atoms with Crippen LogP contribution in [0.4, 0.5) is 0 Å². The SMILES string of the molecule is C[Si](C)=[Ti+2].[Cl-].[Cl-].[c-]1cccc2c1Cc1ccccc1-2.c1ccc2[cH-]ccc2c1. The van der Waals surface area contributed by atoms with Crippen molar-refractivity contribution in [1.29, 1.82) is 0 Å². The molecule has 142 valence electrons. The van der Waals surface area contributed by atoms with E-state index in [-0.39, 0.29) is 31.0 Å². The molecule has 0 saturated carbocycles. The van der Waals surface area contributed by atoms with Crippen LogP contribution < -0.4 is 24.8 Å². The van der Waals surface area contributed by atoms with Gasteiger partial charge in [-0.05, 0) is 6.42 Å². The fourth-order valence-electron chi connectivity index (χ4n) is 3.07. The van der Waals surface area contributed by atoms with E-state index in [1.807, 2.05) is 6.07 Å². The molecule has 0 fully saturated rings. The minimum absolute atomic E-state index is 0. The van der Waals surface area contributed by atoms with Crippen LogP contribution in [0.25, 0.3) is 21.9 Å². The molecule has 0 radical (unpaired) electrons. The summed E-state index contributed by atoms with van der Waals surface area (Å²) in [6.45, 7) is 4.54. The number of fused-ring (bicyclic) bond motifs is 4. The Balaban J connectivity index is 0.000000231.